The summed E-state index contributed by atoms with van der Waals surface area (Å²) in [5.74, 6) is 2.39. The van der Waals surface area contributed by atoms with Crippen LogP contribution in [0, 0.1) is 0 Å². The van der Waals surface area contributed by atoms with Gasteiger partial charge in [0.15, 0.2) is 0 Å². The number of furan rings is 1. The largest absolute Gasteiger partial charge is 0.496 e. The maximum absolute atomic E-state index is 6.50. The molecule has 0 spiro atoms. The van der Waals surface area contributed by atoms with E-state index in [1.807, 2.05) is 92.6 Å². The lowest BCUT2D eigenvalue weighted by molar-refractivity contribution is 0.0820. The summed E-state index contributed by atoms with van der Waals surface area (Å²) in [6, 6.07) is 28.4. The van der Waals surface area contributed by atoms with Crippen LogP contribution in [0.3, 0.4) is 0 Å². The van der Waals surface area contributed by atoms with Crippen LogP contribution in [0.25, 0.3) is 33.6 Å². The number of nitrogens with one attached hydrogen (secondary N) is 1. The van der Waals surface area contributed by atoms with Gasteiger partial charge in [-0.25, -0.2) is 4.98 Å². The van der Waals surface area contributed by atoms with Crippen LogP contribution in [0.15, 0.2) is 95.5 Å². The van der Waals surface area contributed by atoms with Crippen LogP contribution in [-0.4, -0.2) is 43.9 Å². The van der Waals surface area contributed by atoms with Gasteiger partial charge in [-0.2, -0.15) is 0 Å². The monoisotopic (exact) mass is 507 g/mol. The number of nitrogens with zero attached hydrogens (tertiary/aromatic N) is 2. The van der Waals surface area contributed by atoms with Crippen molar-refractivity contribution in [2.45, 2.75) is 19.6 Å². The Kier molecular flexibility index (Phi) is 7.61. The Morgan fingerprint density at radius 2 is 1.61 bits per heavy atom. The third-order valence-corrected chi connectivity index (χ3v) is 6.71. The van der Waals surface area contributed by atoms with Gasteiger partial charge in [-0.3, -0.25) is 4.90 Å². The second kappa shape index (κ2) is 11.4. The highest BCUT2D eigenvalue weighted by Gasteiger charge is 2.24. The summed E-state index contributed by atoms with van der Waals surface area (Å²) in [6.45, 7) is 2.76. The molecule has 3 aromatic carbocycles. The summed E-state index contributed by atoms with van der Waals surface area (Å²) in [4.78, 5) is 6.64. The number of pyridine rings is 1. The number of hydrogen-bond donors (Lipinski definition) is 1. The van der Waals surface area contributed by atoms with Gasteiger partial charge in [0.05, 0.1) is 18.1 Å². The number of anilines is 1. The van der Waals surface area contributed by atoms with Crippen LogP contribution in [0.1, 0.15) is 12.5 Å². The number of rotatable bonds is 10. The predicted octanol–water partition coefficient (Wildman–Crippen LogP) is 7.11. The fourth-order valence-corrected chi connectivity index (χ4v) is 4.53. The van der Waals surface area contributed by atoms with Crippen molar-refractivity contribution in [3.63, 3.8) is 0 Å². The molecule has 0 aliphatic heterocycles. The normalized spacial score (nSPS) is 12.0. The minimum Gasteiger partial charge on any atom is -0.496 e. The molecule has 0 aliphatic rings. The average molecular weight is 508 g/mol. The molecule has 0 saturated carbocycles. The van der Waals surface area contributed by atoms with E-state index >= 15 is 0 Å². The maximum Gasteiger partial charge on any atom is 0.229 e. The fourth-order valence-electron chi connectivity index (χ4n) is 4.53. The van der Waals surface area contributed by atoms with Crippen LogP contribution in [-0.2, 0) is 6.42 Å². The number of ether oxygens (including phenoxy) is 2. The molecule has 2 aromatic heterocycles. The summed E-state index contributed by atoms with van der Waals surface area (Å²) in [7, 11) is 5.70. The van der Waals surface area contributed by atoms with E-state index < -0.39 is 0 Å². The Morgan fingerprint density at radius 1 is 0.895 bits per heavy atom. The molecule has 1 atom stereocenters. The predicted molar refractivity (Wildman–Crippen MR) is 154 cm³/mol. The lowest BCUT2D eigenvalue weighted by atomic mass is 9.98. The van der Waals surface area contributed by atoms with Gasteiger partial charge in [-0.15, -0.1) is 0 Å². The fraction of sp³-hybridized carbons (Fsp3) is 0.219. The highest BCUT2D eigenvalue weighted by atomic mass is 16.5. The van der Waals surface area contributed by atoms with Crippen molar-refractivity contribution in [2.75, 3.05) is 33.1 Å². The summed E-state index contributed by atoms with van der Waals surface area (Å²) >= 11 is 0. The van der Waals surface area contributed by atoms with Crippen molar-refractivity contribution in [1.82, 2.24) is 9.88 Å². The average Bonchev–Trinajstić information content (AvgIpc) is 3.34. The van der Waals surface area contributed by atoms with Crippen LogP contribution in [0.5, 0.6) is 11.5 Å². The molecule has 1 N–H and O–H groups in total. The molecular weight excluding hydrogens is 474 g/mol. The van der Waals surface area contributed by atoms with E-state index in [-0.39, 0.29) is 6.23 Å². The van der Waals surface area contributed by atoms with E-state index in [0.29, 0.717) is 5.71 Å². The molecule has 194 valence electrons. The summed E-state index contributed by atoms with van der Waals surface area (Å²) in [6.07, 6.45) is 2.50. The second-order valence-electron chi connectivity index (χ2n) is 9.38. The molecule has 5 rings (SSSR count). The smallest absolute Gasteiger partial charge is 0.229 e. The summed E-state index contributed by atoms with van der Waals surface area (Å²) in [5.41, 5.74) is 5.64. The van der Waals surface area contributed by atoms with Gasteiger partial charge in [-0.05, 0) is 62.8 Å². The standard InChI is InChI=1S/C32H33N3O3/c1-22(35(2)3)37-28-17-11-9-15-25(28)31-29(24-13-6-5-7-14-24)30-26(19-21-34-32(30)38-31)33-20-18-23-12-8-10-16-27(23)36-4/h5-17,19,21-22H,18,20H2,1-4H3,(H,33,34). The van der Waals surface area contributed by atoms with Crippen molar-refractivity contribution in [3.05, 3.63) is 96.7 Å². The highest BCUT2D eigenvalue weighted by Crippen LogP contribution is 2.45. The Morgan fingerprint density at radius 3 is 2.37 bits per heavy atom. The zero-order valence-corrected chi connectivity index (χ0v) is 22.3. The molecule has 2 heterocycles. The Hall–Kier alpha value is -4.29. The number of benzene rings is 3. The third kappa shape index (κ3) is 5.22. The van der Waals surface area contributed by atoms with Gasteiger partial charge in [0.2, 0.25) is 5.71 Å². The molecular formula is C32H33N3O3. The number of aromatic nitrogens is 1. The van der Waals surface area contributed by atoms with Crippen LogP contribution in [0.2, 0.25) is 0 Å². The lowest BCUT2D eigenvalue weighted by Crippen LogP contribution is -2.30. The Balaban J connectivity index is 1.59. The number of hydrogen-bond acceptors (Lipinski definition) is 6. The molecule has 0 radical (unpaired) electrons. The topological polar surface area (TPSA) is 59.8 Å². The number of para-hydroxylation sites is 2. The van der Waals surface area contributed by atoms with Gasteiger partial charge in [0.25, 0.3) is 0 Å². The van der Waals surface area contributed by atoms with E-state index in [9.17, 15) is 0 Å². The van der Waals surface area contributed by atoms with E-state index in [1.54, 1.807) is 13.3 Å². The third-order valence-electron chi connectivity index (χ3n) is 6.71. The lowest BCUT2D eigenvalue weighted by Gasteiger charge is -2.22. The van der Waals surface area contributed by atoms with Gasteiger partial charge in [0.1, 0.15) is 23.5 Å². The molecule has 0 bridgehead atoms. The quantitative estimate of drug-likeness (QED) is 0.203. The van der Waals surface area contributed by atoms with E-state index in [1.165, 1.54) is 0 Å². The van der Waals surface area contributed by atoms with Crippen molar-refractivity contribution in [2.24, 2.45) is 0 Å². The van der Waals surface area contributed by atoms with Crippen LogP contribution >= 0.6 is 0 Å². The maximum atomic E-state index is 6.50. The molecule has 0 saturated heterocycles. The molecule has 0 amide bonds. The molecule has 0 aliphatic carbocycles. The zero-order valence-electron chi connectivity index (χ0n) is 22.3. The van der Waals surface area contributed by atoms with Crippen molar-refractivity contribution < 1.29 is 13.9 Å². The first-order valence-corrected chi connectivity index (χ1v) is 12.8. The van der Waals surface area contributed by atoms with Crippen molar-refractivity contribution in [3.8, 4) is 33.9 Å². The molecule has 5 aromatic rings. The van der Waals surface area contributed by atoms with Crippen LogP contribution < -0.4 is 14.8 Å². The van der Waals surface area contributed by atoms with Crippen molar-refractivity contribution in [1.29, 1.82) is 0 Å². The summed E-state index contributed by atoms with van der Waals surface area (Å²) < 4.78 is 18.4. The Bertz CT molecular complexity index is 1510. The van der Waals surface area contributed by atoms with E-state index in [2.05, 4.69) is 28.5 Å². The van der Waals surface area contributed by atoms with Gasteiger partial charge in [-0.1, -0.05) is 60.7 Å². The van der Waals surface area contributed by atoms with Crippen LogP contribution in [0.4, 0.5) is 5.69 Å². The molecule has 6 nitrogen and oxygen atoms in total. The second-order valence-corrected chi connectivity index (χ2v) is 9.38. The SMILES string of the molecule is COc1ccccc1CCNc1ccnc2oc(-c3ccccc3OC(C)N(C)C)c(-c3ccccc3)c12. The number of fused-ring (bicyclic) bond motifs is 1. The van der Waals surface area contributed by atoms with E-state index in [4.69, 9.17) is 13.9 Å². The first-order chi connectivity index (χ1) is 18.6. The molecule has 1 unspecified atom stereocenters. The minimum atomic E-state index is -0.106. The number of methoxy groups -OCH3 is 1. The summed E-state index contributed by atoms with van der Waals surface area (Å²) in [5, 5.41) is 4.58. The first-order valence-electron chi connectivity index (χ1n) is 12.8. The van der Waals surface area contributed by atoms with Crippen molar-refractivity contribution >= 4 is 16.8 Å². The minimum absolute atomic E-state index is 0.106. The van der Waals surface area contributed by atoms with Gasteiger partial charge in [0, 0.05) is 24.0 Å². The van der Waals surface area contributed by atoms with E-state index in [0.717, 1.165) is 63.6 Å². The molecule has 0 fully saturated rings. The van der Waals surface area contributed by atoms with Gasteiger partial charge >= 0.3 is 0 Å². The molecule has 38 heavy (non-hydrogen) atoms. The van der Waals surface area contributed by atoms with Gasteiger partial charge < -0.3 is 19.2 Å². The highest BCUT2D eigenvalue weighted by molar-refractivity contribution is 6.07. The molecule has 6 heteroatoms. The zero-order chi connectivity index (χ0) is 26.5. The first kappa shape index (κ1) is 25.4. The Labute approximate surface area is 223 Å².